The van der Waals surface area contributed by atoms with Gasteiger partial charge in [0, 0.05) is 21.8 Å². The van der Waals surface area contributed by atoms with E-state index in [1.807, 2.05) is 49.0 Å². The highest BCUT2D eigenvalue weighted by molar-refractivity contribution is 7.99. The number of rotatable bonds is 5. The number of allylic oxidation sites excluding steroid dienone is 1. The van der Waals surface area contributed by atoms with E-state index in [1.54, 1.807) is 20.3 Å². The lowest BCUT2D eigenvalue weighted by Gasteiger charge is -2.26. The van der Waals surface area contributed by atoms with Crippen molar-refractivity contribution in [2.75, 3.05) is 20.0 Å². The molecule has 0 fully saturated rings. The lowest BCUT2D eigenvalue weighted by atomic mass is 10.0. The second-order valence-corrected chi connectivity index (χ2v) is 7.14. The van der Waals surface area contributed by atoms with Gasteiger partial charge in [0.05, 0.1) is 20.3 Å². The van der Waals surface area contributed by atoms with E-state index in [4.69, 9.17) is 9.47 Å². The fourth-order valence-electron chi connectivity index (χ4n) is 3.16. The van der Waals surface area contributed by atoms with Crippen LogP contribution in [0.15, 0.2) is 47.4 Å². The molecule has 1 N–H and O–H groups in total. The minimum atomic E-state index is -0.108. The van der Waals surface area contributed by atoms with E-state index in [2.05, 4.69) is 17.4 Å². The van der Waals surface area contributed by atoms with Gasteiger partial charge in [-0.25, -0.2) is 0 Å². The van der Waals surface area contributed by atoms with Crippen LogP contribution in [0.1, 0.15) is 40.9 Å². The number of fused-ring (bicyclic) bond motifs is 1. The van der Waals surface area contributed by atoms with Crippen LogP contribution in [-0.4, -0.2) is 25.9 Å². The predicted molar refractivity (Wildman–Crippen MR) is 106 cm³/mol. The van der Waals surface area contributed by atoms with Crippen molar-refractivity contribution >= 4 is 23.7 Å². The van der Waals surface area contributed by atoms with E-state index >= 15 is 0 Å². The van der Waals surface area contributed by atoms with E-state index in [1.165, 1.54) is 10.5 Å². The molecule has 5 heteroatoms. The summed E-state index contributed by atoms with van der Waals surface area (Å²) in [6.45, 7) is 1.93. The third kappa shape index (κ3) is 3.73. The maximum absolute atomic E-state index is 12.9. The topological polar surface area (TPSA) is 47.6 Å². The van der Waals surface area contributed by atoms with E-state index < -0.39 is 0 Å². The minimum Gasteiger partial charge on any atom is -0.493 e. The number of amides is 1. The van der Waals surface area contributed by atoms with Crippen LogP contribution < -0.4 is 14.8 Å². The molecule has 1 amide bonds. The number of thioether (sulfide) groups is 1. The zero-order valence-corrected chi connectivity index (χ0v) is 16.1. The number of hydrogen-bond acceptors (Lipinski definition) is 4. The van der Waals surface area contributed by atoms with Gasteiger partial charge in [0.2, 0.25) is 0 Å². The van der Waals surface area contributed by atoms with Gasteiger partial charge in [0.25, 0.3) is 5.91 Å². The zero-order valence-electron chi connectivity index (χ0n) is 15.2. The monoisotopic (exact) mass is 369 g/mol. The number of carbonyl (C=O) groups is 1. The molecule has 4 nitrogen and oxygen atoms in total. The molecule has 136 valence electrons. The second-order valence-electron chi connectivity index (χ2n) is 6.00. The van der Waals surface area contributed by atoms with Crippen LogP contribution in [0, 0.1) is 0 Å². The van der Waals surface area contributed by atoms with Gasteiger partial charge in [-0.1, -0.05) is 30.4 Å². The lowest BCUT2D eigenvalue weighted by Crippen LogP contribution is -2.30. The summed E-state index contributed by atoms with van der Waals surface area (Å²) in [6.07, 6.45) is 4.74. The predicted octanol–water partition coefficient (Wildman–Crippen LogP) is 4.70. The SMILES string of the molecule is C/C=C/c1cc(C(=O)NC2CCSc3ccccc32)cc(OC)c1OC. The Morgan fingerprint density at radius 1 is 1.23 bits per heavy atom. The van der Waals surface area contributed by atoms with Gasteiger partial charge in [-0.05, 0) is 37.1 Å². The smallest absolute Gasteiger partial charge is 0.251 e. The molecule has 0 spiro atoms. The van der Waals surface area contributed by atoms with E-state index in [0.717, 1.165) is 17.7 Å². The van der Waals surface area contributed by atoms with Crippen LogP contribution >= 0.6 is 11.8 Å². The van der Waals surface area contributed by atoms with Crippen LogP contribution in [0.3, 0.4) is 0 Å². The summed E-state index contributed by atoms with van der Waals surface area (Å²) >= 11 is 1.84. The van der Waals surface area contributed by atoms with E-state index in [0.29, 0.717) is 17.1 Å². The largest absolute Gasteiger partial charge is 0.493 e. The Labute approximate surface area is 158 Å². The number of nitrogens with one attached hydrogen (secondary N) is 1. The van der Waals surface area contributed by atoms with Gasteiger partial charge >= 0.3 is 0 Å². The van der Waals surface area contributed by atoms with Gasteiger partial charge < -0.3 is 14.8 Å². The molecule has 2 aromatic rings. The number of benzene rings is 2. The third-order valence-corrected chi connectivity index (χ3v) is 5.50. The molecular weight excluding hydrogens is 346 g/mol. The molecular formula is C21H23NO3S. The summed E-state index contributed by atoms with van der Waals surface area (Å²) in [5, 5.41) is 3.18. The Bertz CT molecular complexity index is 832. The maximum atomic E-state index is 12.9. The molecule has 26 heavy (non-hydrogen) atoms. The summed E-state index contributed by atoms with van der Waals surface area (Å²) < 4.78 is 10.9. The summed E-state index contributed by atoms with van der Waals surface area (Å²) in [7, 11) is 3.18. The van der Waals surface area contributed by atoms with Gasteiger partial charge in [0.15, 0.2) is 11.5 Å². The fraction of sp³-hybridized carbons (Fsp3) is 0.286. The Morgan fingerprint density at radius 3 is 2.77 bits per heavy atom. The van der Waals surface area contributed by atoms with Crippen LogP contribution in [0.5, 0.6) is 11.5 Å². The van der Waals surface area contributed by atoms with Crippen molar-refractivity contribution in [1.82, 2.24) is 5.32 Å². The van der Waals surface area contributed by atoms with E-state index in [9.17, 15) is 4.79 Å². The third-order valence-electron chi connectivity index (χ3n) is 4.38. The molecule has 1 unspecified atom stereocenters. The average molecular weight is 369 g/mol. The molecule has 0 aliphatic carbocycles. The zero-order chi connectivity index (χ0) is 18.5. The van der Waals surface area contributed by atoms with Crippen molar-refractivity contribution in [3.63, 3.8) is 0 Å². The highest BCUT2D eigenvalue weighted by Gasteiger charge is 2.23. The number of methoxy groups -OCH3 is 2. The summed E-state index contributed by atoms with van der Waals surface area (Å²) in [5.41, 5.74) is 2.57. The molecule has 1 aliphatic heterocycles. The number of carbonyl (C=O) groups excluding carboxylic acids is 1. The first-order valence-corrected chi connectivity index (χ1v) is 9.57. The van der Waals surface area contributed by atoms with Crippen LogP contribution in [-0.2, 0) is 0 Å². The van der Waals surface area contributed by atoms with Crippen molar-refractivity contribution in [2.24, 2.45) is 0 Å². The van der Waals surface area contributed by atoms with Crippen molar-refractivity contribution in [3.8, 4) is 11.5 Å². The van der Waals surface area contributed by atoms with Crippen LogP contribution in [0.4, 0.5) is 0 Å². The highest BCUT2D eigenvalue weighted by Crippen LogP contribution is 2.37. The van der Waals surface area contributed by atoms with Crippen molar-refractivity contribution < 1.29 is 14.3 Å². The van der Waals surface area contributed by atoms with Crippen molar-refractivity contribution in [3.05, 3.63) is 59.2 Å². The quantitative estimate of drug-likeness (QED) is 0.830. The first-order valence-electron chi connectivity index (χ1n) is 8.59. The Kier molecular flexibility index (Phi) is 5.89. The van der Waals surface area contributed by atoms with Gasteiger partial charge in [-0.2, -0.15) is 0 Å². The molecule has 1 aliphatic rings. The fourth-order valence-corrected chi connectivity index (χ4v) is 4.29. The maximum Gasteiger partial charge on any atom is 0.251 e. The van der Waals surface area contributed by atoms with Gasteiger partial charge in [0.1, 0.15) is 0 Å². The van der Waals surface area contributed by atoms with Gasteiger partial charge in [-0.15, -0.1) is 11.8 Å². The molecule has 0 radical (unpaired) electrons. The standard InChI is InChI=1S/C21H23NO3S/c1-4-7-14-12-15(13-18(24-2)20(14)25-3)21(23)22-17-10-11-26-19-9-6-5-8-16(17)19/h4-9,12-13,17H,10-11H2,1-3H3,(H,22,23)/b7-4+. The molecule has 0 saturated carbocycles. The normalized spacial score (nSPS) is 16.2. The molecule has 0 bridgehead atoms. The van der Waals surface area contributed by atoms with Crippen molar-refractivity contribution in [2.45, 2.75) is 24.3 Å². The molecule has 1 heterocycles. The molecule has 3 rings (SSSR count). The summed E-state index contributed by atoms with van der Waals surface area (Å²) in [6, 6.07) is 11.8. The van der Waals surface area contributed by atoms with Crippen LogP contribution in [0.2, 0.25) is 0 Å². The molecule has 0 aromatic heterocycles. The molecule has 0 saturated heterocycles. The van der Waals surface area contributed by atoms with Gasteiger partial charge in [-0.3, -0.25) is 4.79 Å². The number of ether oxygens (including phenoxy) is 2. The Morgan fingerprint density at radius 2 is 2.04 bits per heavy atom. The second kappa shape index (κ2) is 8.32. The summed E-state index contributed by atoms with van der Waals surface area (Å²) in [4.78, 5) is 14.2. The minimum absolute atomic E-state index is 0.0261. The molecule has 1 atom stereocenters. The van der Waals surface area contributed by atoms with Crippen LogP contribution in [0.25, 0.3) is 6.08 Å². The average Bonchev–Trinajstić information content (AvgIpc) is 2.67. The lowest BCUT2D eigenvalue weighted by molar-refractivity contribution is 0.0934. The van der Waals surface area contributed by atoms with Crippen molar-refractivity contribution in [1.29, 1.82) is 0 Å². The molecule has 2 aromatic carbocycles. The first kappa shape index (κ1) is 18.4. The first-order chi connectivity index (χ1) is 12.7. The summed E-state index contributed by atoms with van der Waals surface area (Å²) in [5.74, 6) is 2.07. The highest BCUT2D eigenvalue weighted by atomic mass is 32.2. The Hall–Kier alpha value is -2.40. The van der Waals surface area contributed by atoms with E-state index in [-0.39, 0.29) is 11.9 Å². The Balaban J connectivity index is 1.90. The number of hydrogen-bond donors (Lipinski definition) is 1.